The molecule has 2 aromatic rings. The van der Waals surface area contributed by atoms with Gasteiger partial charge in [0, 0.05) is 18.5 Å². The minimum absolute atomic E-state index is 0.0736. The number of aromatic nitrogens is 2. The molecule has 1 amide bonds. The van der Waals surface area contributed by atoms with E-state index in [-0.39, 0.29) is 29.9 Å². The van der Waals surface area contributed by atoms with E-state index >= 15 is 0 Å². The maximum Gasteiger partial charge on any atom is 0.241 e. The summed E-state index contributed by atoms with van der Waals surface area (Å²) < 4.78 is 1.53. The third kappa shape index (κ3) is 4.63. The quantitative estimate of drug-likeness (QED) is 0.754. The number of amides is 1. The average Bonchev–Trinajstić information content (AvgIpc) is 2.55. The van der Waals surface area contributed by atoms with Crippen molar-refractivity contribution in [3.05, 3.63) is 40.7 Å². The number of aliphatic hydroxyl groups excluding tert-OH is 1. The molecule has 2 rings (SSSR count). The Bertz CT molecular complexity index is 737. The zero-order valence-corrected chi connectivity index (χ0v) is 13.6. The van der Waals surface area contributed by atoms with Crippen LogP contribution >= 0.6 is 0 Å². The van der Waals surface area contributed by atoms with Gasteiger partial charge in [-0.05, 0) is 30.4 Å². The average molecular weight is 317 g/mol. The van der Waals surface area contributed by atoms with Crippen molar-refractivity contribution >= 4 is 16.8 Å². The second-order valence-corrected chi connectivity index (χ2v) is 6.46. The lowest BCUT2D eigenvalue weighted by Crippen LogP contribution is -2.30. The molecule has 0 saturated heterocycles. The van der Waals surface area contributed by atoms with Crippen LogP contribution in [0.25, 0.3) is 10.9 Å². The molecule has 6 heteroatoms. The third-order valence-electron chi connectivity index (χ3n) is 3.84. The van der Waals surface area contributed by atoms with Crippen molar-refractivity contribution in [1.82, 2.24) is 15.1 Å². The second-order valence-electron chi connectivity index (χ2n) is 6.46. The number of carbonyl (C=O) groups is 1. The predicted octanol–water partition coefficient (Wildman–Crippen LogP) is 1.31. The Morgan fingerprint density at radius 3 is 2.83 bits per heavy atom. The van der Waals surface area contributed by atoms with Gasteiger partial charge in [-0.1, -0.05) is 26.0 Å². The molecule has 0 radical (unpaired) electrons. The first-order valence-electron chi connectivity index (χ1n) is 7.75. The van der Waals surface area contributed by atoms with Crippen LogP contribution < -0.4 is 10.7 Å². The van der Waals surface area contributed by atoms with Crippen LogP contribution in [0.2, 0.25) is 0 Å². The molecule has 0 spiro atoms. The van der Waals surface area contributed by atoms with Crippen LogP contribution in [0.3, 0.4) is 0 Å². The van der Waals surface area contributed by atoms with Gasteiger partial charge in [0.15, 0.2) is 0 Å². The summed E-state index contributed by atoms with van der Waals surface area (Å²) in [7, 11) is 0. The normalized spacial score (nSPS) is 11.6. The van der Waals surface area contributed by atoms with Crippen molar-refractivity contribution in [3.8, 4) is 0 Å². The summed E-state index contributed by atoms with van der Waals surface area (Å²) >= 11 is 0. The van der Waals surface area contributed by atoms with Gasteiger partial charge in [-0.3, -0.25) is 14.3 Å². The molecule has 0 bridgehead atoms. The highest BCUT2D eigenvalue weighted by atomic mass is 16.3. The van der Waals surface area contributed by atoms with Crippen LogP contribution in [-0.2, 0) is 11.3 Å². The Labute approximate surface area is 135 Å². The molecule has 0 fully saturated rings. The van der Waals surface area contributed by atoms with Crippen LogP contribution in [-0.4, -0.2) is 33.9 Å². The number of benzene rings is 1. The fourth-order valence-corrected chi connectivity index (χ4v) is 2.35. The summed E-state index contributed by atoms with van der Waals surface area (Å²) in [6.45, 7) is 4.75. The van der Waals surface area contributed by atoms with Crippen molar-refractivity contribution in [1.29, 1.82) is 0 Å². The van der Waals surface area contributed by atoms with E-state index in [4.69, 9.17) is 0 Å². The molecular weight excluding hydrogens is 294 g/mol. The van der Waals surface area contributed by atoms with Gasteiger partial charge < -0.3 is 10.4 Å². The third-order valence-corrected chi connectivity index (χ3v) is 3.84. The van der Waals surface area contributed by atoms with E-state index in [1.807, 2.05) is 19.9 Å². The molecule has 1 aromatic heterocycles. The Morgan fingerprint density at radius 1 is 1.35 bits per heavy atom. The lowest BCUT2D eigenvalue weighted by atomic mass is 9.89. The van der Waals surface area contributed by atoms with Crippen LogP contribution in [0.4, 0.5) is 0 Å². The molecule has 0 aliphatic rings. The van der Waals surface area contributed by atoms with E-state index in [1.54, 1.807) is 18.2 Å². The van der Waals surface area contributed by atoms with Gasteiger partial charge in [0.1, 0.15) is 6.54 Å². The van der Waals surface area contributed by atoms with E-state index in [0.717, 1.165) is 12.8 Å². The van der Waals surface area contributed by atoms with Crippen LogP contribution in [0, 0.1) is 5.41 Å². The Hall–Kier alpha value is -2.21. The number of fused-ring (bicyclic) bond motifs is 1. The lowest BCUT2D eigenvalue weighted by Gasteiger charge is -2.21. The maximum absolute atomic E-state index is 12.0. The Kier molecular flexibility index (Phi) is 5.50. The summed E-state index contributed by atoms with van der Waals surface area (Å²) in [5.41, 5.74) is 0.376. The lowest BCUT2D eigenvalue weighted by molar-refractivity contribution is -0.121. The van der Waals surface area contributed by atoms with Crippen molar-refractivity contribution in [2.75, 3.05) is 13.2 Å². The summed E-state index contributed by atoms with van der Waals surface area (Å²) in [5, 5.41) is 16.6. The van der Waals surface area contributed by atoms with Crippen molar-refractivity contribution in [2.45, 2.75) is 33.2 Å². The number of para-hydroxylation sites is 1. The molecule has 23 heavy (non-hydrogen) atoms. The first kappa shape index (κ1) is 17.1. The molecule has 0 saturated carbocycles. The minimum Gasteiger partial charge on any atom is -0.396 e. The fourth-order valence-electron chi connectivity index (χ4n) is 2.35. The number of nitrogens with zero attached hydrogens (tertiary/aromatic N) is 2. The van der Waals surface area contributed by atoms with E-state index in [1.165, 1.54) is 10.9 Å². The smallest absolute Gasteiger partial charge is 0.241 e. The molecule has 2 N–H and O–H groups in total. The molecule has 0 atom stereocenters. The molecule has 0 aliphatic heterocycles. The standard InChI is InChI=1S/C17H23N3O3/c1-17(2,12-21)8-5-9-18-16(23)11-20-14-7-4-3-6-13(14)15(22)10-19-20/h3-4,6-7,10,21H,5,8-9,11-12H2,1-2H3,(H,18,23). The number of nitrogens with one attached hydrogen (secondary N) is 1. The SMILES string of the molecule is CC(C)(CO)CCCNC(=O)Cn1ncc(=O)c2ccccc21. The van der Waals surface area contributed by atoms with Gasteiger partial charge in [-0.15, -0.1) is 0 Å². The van der Waals surface area contributed by atoms with E-state index in [2.05, 4.69) is 10.4 Å². The molecule has 6 nitrogen and oxygen atoms in total. The van der Waals surface area contributed by atoms with Gasteiger partial charge >= 0.3 is 0 Å². The fraction of sp³-hybridized carbons (Fsp3) is 0.471. The number of hydrogen-bond donors (Lipinski definition) is 2. The van der Waals surface area contributed by atoms with Crippen LogP contribution in [0.15, 0.2) is 35.3 Å². The zero-order valence-electron chi connectivity index (χ0n) is 13.6. The number of hydrogen-bond acceptors (Lipinski definition) is 4. The van der Waals surface area contributed by atoms with Crippen molar-refractivity contribution in [3.63, 3.8) is 0 Å². The van der Waals surface area contributed by atoms with Crippen molar-refractivity contribution in [2.24, 2.45) is 5.41 Å². The van der Waals surface area contributed by atoms with Crippen LogP contribution in [0.1, 0.15) is 26.7 Å². The second kappa shape index (κ2) is 7.37. The first-order chi connectivity index (χ1) is 10.9. The van der Waals surface area contributed by atoms with Crippen LogP contribution in [0.5, 0.6) is 0 Å². The van der Waals surface area contributed by atoms with Gasteiger partial charge in [0.2, 0.25) is 11.3 Å². The minimum atomic E-state index is -0.150. The Balaban J connectivity index is 1.94. The first-order valence-corrected chi connectivity index (χ1v) is 7.75. The largest absolute Gasteiger partial charge is 0.396 e. The molecule has 0 aliphatic carbocycles. The van der Waals surface area contributed by atoms with Gasteiger partial charge in [-0.2, -0.15) is 5.10 Å². The van der Waals surface area contributed by atoms with Gasteiger partial charge in [0.25, 0.3) is 0 Å². The zero-order chi connectivity index (χ0) is 16.9. The number of carbonyl (C=O) groups excluding carboxylic acids is 1. The molecule has 124 valence electrons. The van der Waals surface area contributed by atoms with E-state index in [0.29, 0.717) is 17.4 Å². The monoisotopic (exact) mass is 317 g/mol. The van der Waals surface area contributed by atoms with Crippen molar-refractivity contribution < 1.29 is 9.90 Å². The summed E-state index contributed by atoms with van der Waals surface area (Å²) in [6.07, 6.45) is 2.88. The number of aliphatic hydroxyl groups is 1. The van der Waals surface area contributed by atoms with Gasteiger partial charge in [0.05, 0.1) is 11.7 Å². The highest BCUT2D eigenvalue weighted by Gasteiger charge is 2.15. The maximum atomic E-state index is 12.0. The van der Waals surface area contributed by atoms with Gasteiger partial charge in [-0.25, -0.2) is 0 Å². The molecule has 1 aromatic carbocycles. The van der Waals surface area contributed by atoms with E-state index < -0.39 is 0 Å². The summed E-state index contributed by atoms with van der Waals surface area (Å²) in [4.78, 5) is 23.8. The highest BCUT2D eigenvalue weighted by Crippen LogP contribution is 2.20. The predicted molar refractivity (Wildman–Crippen MR) is 89.1 cm³/mol. The van der Waals surface area contributed by atoms with E-state index in [9.17, 15) is 14.7 Å². The summed E-state index contributed by atoms with van der Waals surface area (Å²) in [6, 6.07) is 7.11. The highest BCUT2D eigenvalue weighted by molar-refractivity contribution is 5.81. The molecule has 1 heterocycles. The molecule has 0 unspecified atom stereocenters. The summed E-state index contributed by atoms with van der Waals surface area (Å²) in [5.74, 6) is -0.145. The number of rotatable bonds is 7. The Morgan fingerprint density at radius 2 is 2.09 bits per heavy atom. The molecular formula is C17H23N3O3. The topological polar surface area (TPSA) is 84.2 Å².